The molecule has 0 saturated heterocycles. The Labute approximate surface area is 133 Å². The van der Waals surface area contributed by atoms with Crippen molar-refractivity contribution in [3.8, 4) is 5.75 Å². The summed E-state index contributed by atoms with van der Waals surface area (Å²) in [6, 6.07) is 12.1. The maximum atomic E-state index is 9.10. The van der Waals surface area contributed by atoms with Gasteiger partial charge in [0.15, 0.2) is 0 Å². The summed E-state index contributed by atoms with van der Waals surface area (Å²) in [6.07, 6.45) is 3.66. The first-order valence-electron chi connectivity index (χ1n) is 6.71. The Kier molecular flexibility index (Phi) is 7.81. The average molecular weight is 318 g/mol. The molecule has 1 aromatic heterocycles. The zero-order chi connectivity index (χ0) is 17.1. The van der Waals surface area contributed by atoms with E-state index in [1.165, 1.54) is 11.1 Å². The van der Waals surface area contributed by atoms with Crippen molar-refractivity contribution in [3.05, 3.63) is 59.9 Å². The molecule has 0 aliphatic carbocycles. The zero-order valence-electron chi connectivity index (χ0n) is 12.6. The smallest absolute Gasteiger partial charge is 0.414 e. The summed E-state index contributed by atoms with van der Waals surface area (Å²) in [6.45, 7) is 1.68. The van der Waals surface area contributed by atoms with Gasteiger partial charge in [0.1, 0.15) is 5.75 Å². The first-order chi connectivity index (χ1) is 11.0. The molecule has 0 radical (unpaired) electrons. The third kappa shape index (κ3) is 7.58. The number of aromatic nitrogens is 1. The van der Waals surface area contributed by atoms with Gasteiger partial charge in [-0.3, -0.25) is 4.98 Å². The van der Waals surface area contributed by atoms with Crippen LogP contribution < -0.4 is 10.1 Å². The van der Waals surface area contributed by atoms with E-state index in [9.17, 15) is 0 Å². The van der Waals surface area contributed by atoms with Crippen LogP contribution in [0.3, 0.4) is 0 Å². The lowest BCUT2D eigenvalue weighted by Gasteiger charge is -2.05. The zero-order valence-corrected chi connectivity index (χ0v) is 12.6. The molecule has 0 fully saturated rings. The van der Waals surface area contributed by atoms with Crippen LogP contribution in [0, 0.1) is 0 Å². The van der Waals surface area contributed by atoms with Crippen LogP contribution in [0.2, 0.25) is 0 Å². The molecule has 2 rings (SSSR count). The molecule has 0 aliphatic rings. The summed E-state index contributed by atoms with van der Waals surface area (Å²) < 4.78 is 5.11. The molecule has 1 heterocycles. The molecular formula is C16H18N2O5. The van der Waals surface area contributed by atoms with E-state index in [4.69, 9.17) is 24.5 Å². The summed E-state index contributed by atoms with van der Waals surface area (Å²) >= 11 is 0. The number of nitrogens with zero attached hydrogens (tertiary/aromatic N) is 1. The Morgan fingerprint density at radius 2 is 1.65 bits per heavy atom. The van der Waals surface area contributed by atoms with Crippen molar-refractivity contribution >= 4 is 11.9 Å². The Morgan fingerprint density at radius 3 is 2.13 bits per heavy atom. The fourth-order valence-electron chi connectivity index (χ4n) is 1.60. The molecule has 7 nitrogen and oxygen atoms in total. The summed E-state index contributed by atoms with van der Waals surface area (Å²) in [5.74, 6) is -2.76. The number of hydrogen-bond acceptors (Lipinski definition) is 5. The lowest BCUT2D eigenvalue weighted by Crippen LogP contribution is -2.12. The number of carbonyl (C=O) groups is 2. The van der Waals surface area contributed by atoms with Crippen molar-refractivity contribution in [2.45, 2.75) is 13.1 Å². The molecule has 23 heavy (non-hydrogen) atoms. The predicted molar refractivity (Wildman–Crippen MR) is 83.0 cm³/mol. The summed E-state index contributed by atoms with van der Waals surface area (Å²) in [7, 11) is 1.68. The van der Waals surface area contributed by atoms with E-state index < -0.39 is 11.9 Å². The van der Waals surface area contributed by atoms with Crippen molar-refractivity contribution in [1.29, 1.82) is 0 Å². The van der Waals surface area contributed by atoms with E-state index in [0.29, 0.717) is 0 Å². The second-order valence-corrected chi connectivity index (χ2v) is 4.42. The maximum Gasteiger partial charge on any atom is 0.414 e. The third-order valence-corrected chi connectivity index (χ3v) is 2.72. The molecule has 3 N–H and O–H groups in total. The SMILES string of the molecule is COc1ccc(CNCc2cccnc2)cc1.O=C(O)C(=O)O. The van der Waals surface area contributed by atoms with Gasteiger partial charge in [0.05, 0.1) is 7.11 Å². The minimum atomic E-state index is -1.82. The molecule has 0 amide bonds. The molecule has 0 spiro atoms. The molecule has 0 unspecified atom stereocenters. The largest absolute Gasteiger partial charge is 0.497 e. The van der Waals surface area contributed by atoms with Gasteiger partial charge < -0.3 is 20.3 Å². The van der Waals surface area contributed by atoms with Crippen molar-refractivity contribution in [2.75, 3.05) is 7.11 Å². The van der Waals surface area contributed by atoms with Crippen molar-refractivity contribution in [2.24, 2.45) is 0 Å². The maximum absolute atomic E-state index is 9.10. The number of methoxy groups -OCH3 is 1. The van der Waals surface area contributed by atoms with Crippen molar-refractivity contribution in [1.82, 2.24) is 10.3 Å². The van der Waals surface area contributed by atoms with Gasteiger partial charge >= 0.3 is 11.9 Å². The van der Waals surface area contributed by atoms with Crippen LogP contribution in [0.15, 0.2) is 48.8 Å². The van der Waals surface area contributed by atoms with Crippen LogP contribution >= 0.6 is 0 Å². The van der Waals surface area contributed by atoms with E-state index >= 15 is 0 Å². The third-order valence-electron chi connectivity index (χ3n) is 2.72. The number of ether oxygens (including phenoxy) is 1. The molecule has 122 valence electrons. The molecule has 0 atom stereocenters. The molecule has 2 aromatic rings. The normalized spacial score (nSPS) is 9.43. The monoisotopic (exact) mass is 318 g/mol. The highest BCUT2D eigenvalue weighted by Crippen LogP contribution is 2.11. The second kappa shape index (κ2) is 9.91. The topological polar surface area (TPSA) is 109 Å². The number of carboxylic acids is 2. The van der Waals surface area contributed by atoms with E-state index in [1.807, 2.05) is 24.4 Å². The Hall–Kier alpha value is -2.93. The summed E-state index contributed by atoms with van der Waals surface area (Å²) in [5, 5.41) is 18.2. The van der Waals surface area contributed by atoms with Gasteiger partial charge in [0, 0.05) is 25.5 Å². The number of rotatable bonds is 5. The van der Waals surface area contributed by atoms with E-state index in [-0.39, 0.29) is 0 Å². The van der Waals surface area contributed by atoms with Crippen LogP contribution in [0.4, 0.5) is 0 Å². The fourth-order valence-corrected chi connectivity index (χ4v) is 1.60. The Bertz CT molecular complexity index is 602. The molecule has 0 bridgehead atoms. The highest BCUT2D eigenvalue weighted by Gasteiger charge is 2.04. The van der Waals surface area contributed by atoms with Crippen LogP contribution in [0.1, 0.15) is 11.1 Å². The number of carboxylic acid groups (broad SMARTS) is 2. The minimum absolute atomic E-state index is 0.833. The number of pyridine rings is 1. The molecular weight excluding hydrogens is 300 g/mol. The van der Waals surface area contributed by atoms with Crippen LogP contribution in [-0.2, 0) is 22.7 Å². The van der Waals surface area contributed by atoms with Gasteiger partial charge in [-0.05, 0) is 29.3 Å². The standard InChI is InChI=1S/C14H16N2O.C2H2O4/c1-17-14-6-4-12(5-7-14)9-16-11-13-3-2-8-15-10-13;3-1(4)2(5)6/h2-8,10,16H,9,11H2,1H3;(H,3,4)(H,5,6). The number of nitrogens with one attached hydrogen (secondary N) is 1. The molecule has 7 heteroatoms. The average Bonchev–Trinajstić information content (AvgIpc) is 2.57. The van der Waals surface area contributed by atoms with Gasteiger partial charge in [-0.1, -0.05) is 18.2 Å². The van der Waals surface area contributed by atoms with E-state index in [0.717, 1.165) is 18.8 Å². The van der Waals surface area contributed by atoms with Crippen LogP contribution in [0.5, 0.6) is 5.75 Å². The molecule has 1 aromatic carbocycles. The van der Waals surface area contributed by atoms with Crippen LogP contribution in [0.25, 0.3) is 0 Å². The van der Waals surface area contributed by atoms with Crippen molar-refractivity contribution in [3.63, 3.8) is 0 Å². The number of aliphatic carboxylic acids is 2. The predicted octanol–water partition coefficient (Wildman–Crippen LogP) is 1.54. The minimum Gasteiger partial charge on any atom is -0.497 e. The van der Waals surface area contributed by atoms with Gasteiger partial charge in [0.25, 0.3) is 0 Å². The second-order valence-electron chi connectivity index (χ2n) is 4.42. The Morgan fingerprint density at radius 1 is 1.04 bits per heavy atom. The lowest BCUT2D eigenvalue weighted by atomic mass is 10.2. The first-order valence-corrected chi connectivity index (χ1v) is 6.71. The van der Waals surface area contributed by atoms with Crippen molar-refractivity contribution < 1.29 is 24.5 Å². The fraction of sp³-hybridized carbons (Fsp3) is 0.188. The summed E-state index contributed by atoms with van der Waals surface area (Å²) in [5.41, 5.74) is 2.44. The highest BCUT2D eigenvalue weighted by molar-refractivity contribution is 6.27. The van der Waals surface area contributed by atoms with Crippen LogP contribution in [-0.4, -0.2) is 34.2 Å². The summed E-state index contributed by atoms with van der Waals surface area (Å²) in [4.78, 5) is 22.3. The lowest BCUT2D eigenvalue weighted by molar-refractivity contribution is -0.159. The van der Waals surface area contributed by atoms with Gasteiger partial charge in [-0.2, -0.15) is 0 Å². The Balaban J connectivity index is 0.000000379. The highest BCUT2D eigenvalue weighted by atomic mass is 16.5. The van der Waals surface area contributed by atoms with E-state index in [1.54, 1.807) is 13.3 Å². The molecule has 0 saturated carbocycles. The molecule has 0 aliphatic heterocycles. The van der Waals surface area contributed by atoms with Gasteiger partial charge in [-0.15, -0.1) is 0 Å². The van der Waals surface area contributed by atoms with E-state index in [2.05, 4.69) is 28.5 Å². The number of benzene rings is 1. The van der Waals surface area contributed by atoms with Gasteiger partial charge in [0.2, 0.25) is 0 Å². The number of hydrogen-bond donors (Lipinski definition) is 3. The quantitative estimate of drug-likeness (QED) is 0.717. The van der Waals surface area contributed by atoms with Gasteiger partial charge in [-0.25, -0.2) is 9.59 Å². The first kappa shape index (κ1) is 18.1.